The van der Waals surface area contributed by atoms with Crippen LogP contribution in [0, 0.1) is 0 Å². The van der Waals surface area contributed by atoms with E-state index in [2.05, 4.69) is 20.9 Å². The molecular formula is C8H8N4O4. The van der Waals surface area contributed by atoms with Crippen LogP contribution in [0.25, 0.3) is 0 Å². The number of hydrogen-bond acceptors (Lipinski definition) is 5. The van der Waals surface area contributed by atoms with E-state index in [0.717, 1.165) is 0 Å². The van der Waals surface area contributed by atoms with Crippen molar-refractivity contribution in [2.45, 2.75) is 18.9 Å². The first-order valence-electron chi connectivity index (χ1n) is 4.60. The van der Waals surface area contributed by atoms with Gasteiger partial charge in [0.1, 0.15) is 6.04 Å². The van der Waals surface area contributed by atoms with Gasteiger partial charge in [0, 0.05) is 6.42 Å². The van der Waals surface area contributed by atoms with E-state index in [1.54, 1.807) is 0 Å². The van der Waals surface area contributed by atoms with Crippen LogP contribution in [0.2, 0.25) is 0 Å². The van der Waals surface area contributed by atoms with Gasteiger partial charge in [-0.3, -0.25) is 35.1 Å². The molecule has 0 aromatic heterocycles. The summed E-state index contributed by atoms with van der Waals surface area (Å²) in [7, 11) is 0. The monoisotopic (exact) mass is 224 g/mol. The molecule has 2 saturated heterocycles. The summed E-state index contributed by atoms with van der Waals surface area (Å²) in [4.78, 5) is 47.6. The zero-order valence-corrected chi connectivity index (χ0v) is 8.07. The molecule has 8 heteroatoms. The summed E-state index contributed by atoms with van der Waals surface area (Å²) in [6.07, 6.45) is 0.453. The van der Waals surface area contributed by atoms with Crippen molar-refractivity contribution < 1.29 is 19.2 Å². The average molecular weight is 224 g/mol. The van der Waals surface area contributed by atoms with Crippen LogP contribution in [-0.2, 0) is 19.2 Å². The molecule has 3 N–H and O–H groups in total. The van der Waals surface area contributed by atoms with Crippen LogP contribution in [0.15, 0.2) is 4.99 Å². The first-order valence-corrected chi connectivity index (χ1v) is 4.60. The molecule has 1 unspecified atom stereocenters. The number of imide groups is 1. The van der Waals surface area contributed by atoms with Crippen LogP contribution in [-0.4, -0.2) is 35.6 Å². The first-order chi connectivity index (χ1) is 7.56. The topological polar surface area (TPSA) is 117 Å². The molecule has 0 bridgehead atoms. The molecule has 0 spiro atoms. The van der Waals surface area contributed by atoms with Gasteiger partial charge in [0.25, 0.3) is 5.91 Å². The third kappa shape index (κ3) is 1.90. The molecule has 0 saturated carbocycles. The quantitative estimate of drug-likeness (QED) is 0.334. The molecule has 0 aliphatic carbocycles. The van der Waals surface area contributed by atoms with Crippen LogP contribution >= 0.6 is 0 Å². The number of rotatable bonds is 1. The fourth-order valence-electron chi connectivity index (χ4n) is 1.39. The number of carbonyl (C=O) groups is 4. The van der Waals surface area contributed by atoms with Crippen LogP contribution in [0.3, 0.4) is 0 Å². The molecule has 2 aliphatic heterocycles. The highest BCUT2D eigenvalue weighted by Gasteiger charge is 2.30. The van der Waals surface area contributed by atoms with Crippen LogP contribution < -0.4 is 16.0 Å². The number of guanidine groups is 1. The third-order valence-corrected chi connectivity index (χ3v) is 2.17. The number of nitrogens with zero attached hydrogens (tertiary/aromatic N) is 1. The SMILES string of the molecule is O=C1CCC(N=C2NC(=O)C(=O)N2)C(=O)N1. The van der Waals surface area contributed by atoms with Gasteiger partial charge in [-0.15, -0.1) is 0 Å². The van der Waals surface area contributed by atoms with E-state index >= 15 is 0 Å². The highest BCUT2D eigenvalue weighted by atomic mass is 16.2. The van der Waals surface area contributed by atoms with E-state index in [1.165, 1.54) is 0 Å². The van der Waals surface area contributed by atoms with Gasteiger partial charge >= 0.3 is 11.8 Å². The summed E-state index contributed by atoms with van der Waals surface area (Å²) < 4.78 is 0. The van der Waals surface area contributed by atoms with Crippen LogP contribution in [0.4, 0.5) is 0 Å². The number of amides is 4. The van der Waals surface area contributed by atoms with Gasteiger partial charge in [0.2, 0.25) is 11.9 Å². The molecular weight excluding hydrogens is 216 g/mol. The summed E-state index contributed by atoms with van der Waals surface area (Å²) >= 11 is 0. The fourth-order valence-corrected chi connectivity index (χ4v) is 1.39. The van der Waals surface area contributed by atoms with Crippen molar-refractivity contribution in [2.24, 2.45) is 4.99 Å². The first kappa shape index (κ1) is 10.3. The lowest BCUT2D eigenvalue weighted by atomic mass is 10.1. The summed E-state index contributed by atoms with van der Waals surface area (Å²) in [5, 5.41) is 6.45. The zero-order valence-electron chi connectivity index (χ0n) is 8.07. The molecule has 0 aromatic carbocycles. The summed E-state index contributed by atoms with van der Waals surface area (Å²) in [5.74, 6) is -2.55. The zero-order chi connectivity index (χ0) is 11.7. The largest absolute Gasteiger partial charge is 0.316 e. The van der Waals surface area contributed by atoms with Crippen LogP contribution in [0.1, 0.15) is 12.8 Å². The van der Waals surface area contributed by atoms with Crippen LogP contribution in [0.5, 0.6) is 0 Å². The molecule has 8 nitrogen and oxygen atoms in total. The molecule has 2 rings (SSSR count). The maximum Gasteiger partial charge on any atom is 0.316 e. The third-order valence-electron chi connectivity index (χ3n) is 2.17. The second kappa shape index (κ2) is 3.72. The Labute approximate surface area is 89.5 Å². The Morgan fingerprint density at radius 3 is 2.19 bits per heavy atom. The van der Waals surface area contributed by atoms with Gasteiger partial charge < -0.3 is 0 Å². The van der Waals surface area contributed by atoms with E-state index in [0.29, 0.717) is 0 Å². The standard InChI is InChI=1S/C8H8N4O4/c13-4-2-1-3(5(14)10-4)9-8-11-6(15)7(16)12-8/h3H,1-2H2,(H,10,13,14)(H2,9,11,12,15,16). The molecule has 1 atom stereocenters. The predicted molar refractivity (Wildman–Crippen MR) is 49.9 cm³/mol. The van der Waals surface area contributed by atoms with Crippen molar-refractivity contribution >= 4 is 29.6 Å². The predicted octanol–water partition coefficient (Wildman–Crippen LogP) is -2.61. The molecule has 2 heterocycles. The number of piperidine rings is 1. The van der Waals surface area contributed by atoms with E-state index in [1.807, 2.05) is 0 Å². The van der Waals surface area contributed by atoms with Crippen molar-refractivity contribution in [3.8, 4) is 0 Å². The number of hydrogen-bond donors (Lipinski definition) is 3. The minimum atomic E-state index is -0.814. The second-order valence-corrected chi connectivity index (χ2v) is 3.35. The summed E-state index contributed by atoms with van der Waals surface area (Å²) in [5.41, 5.74) is 0. The summed E-state index contributed by atoms with van der Waals surface area (Å²) in [6, 6.07) is -0.758. The summed E-state index contributed by atoms with van der Waals surface area (Å²) in [6.45, 7) is 0. The van der Waals surface area contributed by atoms with Gasteiger partial charge in [0.15, 0.2) is 0 Å². The van der Waals surface area contributed by atoms with Gasteiger partial charge in [0.05, 0.1) is 0 Å². The number of carbonyl (C=O) groups excluding carboxylic acids is 4. The van der Waals surface area contributed by atoms with Crippen molar-refractivity contribution in [2.75, 3.05) is 0 Å². The molecule has 84 valence electrons. The minimum absolute atomic E-state index is 0.0514. The Morgan fingerprint density at radius 2 is 1.62 bits per heavy atom. The van der Waals surface area contributed by atoms with E-state index in [4.69, 9.17) is 0 Å². The molecule has 2 aliphatic rings. The van der Waals surface area contributed by atoms with Gasteiger partial charge in [-0.05, 0) is 6.42 Å². The number of nitrogens with one attached hydrogen (secondary N) is 3. The lowest BCUT2D eigenvalue weighted by Gasteiger charge is -2.17. The second-order valence-electron chi connectivity index (χ2n) is 3.35. The van der Waals surface area contributed by atoms with Crippen molar-refractivity contribution in [1.82, 2.24) is 16.0 Å². The van der Waals surface area contributed by atoms with Crippen molar-refractivity contribution in [3.63, 3.8) is 0 Å². The molecule has 0 aromatic rings. The molecule has 16 heavy (non-hydrogen) atoms. The van der Waals surface area contributed by atoms with Crippen molar-refractivity contribution in [1.29, 1.82) is 0 Å². The minimum Gasteiger partial charge on any atom is -0.295 e. The van der Waals surface area contributed by atoms with Gasteiger partial charge in [-0.25, -0.2) is 4.99 Å². The highest BCUT2D eigenvalue weighted by molar-refractivity contribution is 6.45. The van der Waals surface area contributed by atoms with E-state index in [9.17, 15) is 19.2 Å². The number of aliphatic imine (C=N–C) groups is 1. The lowest BCUT2D eigenvalue weighted by Crippen LogP contribution is -2.44. The maximum atomic E-state index is 11.3. The Bertz CT molecular complexity index is 410. The molecule has 2 fully saturated rings. The van der Waals surface area contributed by atoms with E-state index < -0.39 is 23.8 Å². The lowest BCUT2D eigenvalue weighted by molar-refractivity contribution is -0.135. The molecule has 4 amide bonds. The van der Waals surface area contributed by atoms with Crippen molar-refractivity contribution in [3.05, 3.63) is 0 Å². The van der Waals surface area contributed by atoms with Gasteiger partial charge in [-0.1, -0.05) is 0 Å². The Hall–Kier alpha value is -2.25. The average Bonchev–Trinajstić information content (AvgIpc) is 2.51. The Kier molecular flexibility index (Phi) is 2.39. The maximum absolute atomic E-state index is 11.3. The highest BCUT2D eigenvalue weighted by Crippen LogP contribution is 2.08. The molecule has 0 radical (unpaired) electrons. The van der Waals surface area contributed by atoms with E-state index in [-0.39, 0.29) is 24.7 Å². The Morgan fingerprint density at radius 1 is 1.00 bits per heavy atom. The Balaban J connectivity index is 2.07. The smallest absolute Gasteiger partial charge is 0.295 e. The van der Waals surface area contributed by atoms with Gasteiger partial charge in [-0.2, -0.15) is 0 Å². The normalized spacial score (nSPS) is 25.0. The fraction of sp³-hybridized carbons (Fsp3) is 0.375.